The van der Waals surface area contributed by atoms with Crippen molar-refractivity contribution in [1.82, 2.24) is 0 Å². The van der Waals surface area contributed by atoms with Gasteiger partial charge >= 0.3 is 5.97 Å². The Balaban J connectivity index is 2.37. The molecule has 1 fully saturated rings. The zero-order valence-electron chi connectivity index (χ0n) is 22.3. The highest BCUT2D eigenvalue weighted by molar-refractivity contribution is 5.77. The van der Waals surface area contributed by atoms with E-state index in [1.807, 2.05) is 18.2 Å². The maximum absolute atomic E-state index is 11.3. The smallest absolute Gasteiger partial charge is 0.338 e. The number of allylic oxidation sites excluding steroid dienone is 8. The van der Waals surface area contributed by atoms with Crippen LogP contribution in [0.1, 0.15) is 59.8 Å². The Morgan fingerprint density at radius 3 is 1.76 bits per heavy atom. The van der Waals surface area contributed by atoms with E-state index in [4.69, 9.17) is 0 Å². The Kier molecular flexibility index (Phi) is 14.5. The van der Waals surface area contributed by atoms with Gasteiger partial charge in [0.1, 0.15) is 30.5 Å². The maximum Gasteiger partial charge on any atom is 0.338 e. The molecule has 0 aromatic rings. The third-order valence-corrected chi connectivity index (χ3v) is 6.31. The maximum atomic E-state index is 11.3. The summed E-state index contributed by atoms with van der Waals surface area (Å²) in [6, 6.07) is 0. The Morgan fingerprint density at radius 1 is 0.784 bits per heavy atom. The number of aliphatic hydroxyl groups excluding tert-OH is 7. The Morgan fingerprint density at radius 2 is 1.27 bits per heavy atom. The van der Waals surface area contributed by atoms with Gasteiger partial charge in [0.2, 0.25) is 0 Å². The SMILES string of the molecule is CC(C/C=C/C=C/CC/C=C/C=C/CCC(C)(C)C)C(O)C(O)C(O)C(O)C(O)C1OC(=O)C(O)C1O. The lowest BCUT2D eigenvalue weighted by atomic mass is 9.89. The summed E-state index contributed by atoms with van der Waals surface area (Å²) >= 11 is 0. The van der Waals surface area contributed by atoms with Gasteiger partial charge in [0.15, 0.2) is 12.2 Å². The molecule has 0 aromatic carbocycles. The molecule has 1 heterocycles. The second-order valence-electron chi connectivity index (χ2n) is 10.9. The molecule has 9 unspecified atom stereocenters. The van der Waals surface area contributed by atoms with E-state index in [-0.39, 0.29) is 0 Å². The van der Waals surface area contributed by atoms with Crippen LogP contribution in [0.2, 0.25) is 0 Å². The molecule has 212 valence electrons. The normalized spacial score (nSPS) is 26.2. The van der Waals surface area contributed by atoms with Crippen LogP contribution in [-0.4, -0.2) is 90.5 Å². The van der Waals surface area contributed by atoms with Crippen molar-refractivity contribution in [1.29, 1.82) is 0 Å². The molecule has 37 heavy (non-hydrogen) atoms. The van der Waals surface area contributed by atoms with Crippen molar-refractivity contribution in [3.05, 3.63) is 48.6 Å². The van der Waals surface area contributed by atoms with Crippen LogP contribution < -0.4 is 0 Å². The Hall–Kier alpha value is -1.85. The molecule has 0 amide bonds. The number of carbonyl (C=O) groups is 1. The fourth-order valence-electron chi connectivity index (χ4n) is 3.75. The average Bonchev–Trinajstić information content (AvgIpc) is 3.10. The third-order valence-electron chi connectivity index (χ3n) is 6.31. The highest BCUT2D eigenvalue weighted by atomic mass is 16.6. The van der Waals surface area contributed by atoms with Crippen molar-refractivity contribution in [2.24, 2.45) is 11.3 Å². The van der Waals surface area contributed by atoms with Gasteiger partial charge in [-0.15, -0.1) is 0 Å². The zero-order chi connectivity index (χ0) is 28.2. The number of unbranched alkanes of at least 4 members (excludes halogenated alkanes) is 1. The van der Waals surface area contributed by atoms with Crippen molar-refractivity contribution in [2.45, 2.75) is 109 Å². The summed E-state index contributed by atoms with van der Waals surface area (Å²) in [5, 5.41) is 70.3. The molecule has 0 aromatic heterocycles. The largest absolute Gasteiger partial charge is 0.455 e. The van der Waals surface area contributed by atoms with Crippen LogP contribution in [0, 0.1) is 11.3 Å². The minimum absolute atomic E-state index is 0.348. The molecule has 1 aliphatic heterocycles. The predicted molar refractivity (Wildman–Crippen MR) is 140 cm³/mol. The van der Waals surface area contributed by atoms with E-state index in [2.05, 4.69) is 49.8 Å². The summed E-state index contributed by atoms with van der Waals surface area (Å²) in [7, 11) is 0. The van der Waals surface area contributed by atoms with E-state index in [0.29, 0.717) is 11.8 Å². The molecule has 1 aliphatic rings. The van der Waals surface area contributed by atoms with Gasteiger partial charge in [-0.25, -0.2) is 4.79 Å². The lowest BCUT2D eigenvalue weighted by Crippen LogP contribution is -2.55. The molecule has 0 spiro atoms. The number of aliphatic hydroxyl groups is 7. The van der Waals surface area contributed by atoms with Crippen molar-refractivity contribution < 1.29 is 45.3 Å². The fourth-order valence-corrected chi connectivity index (χ4v) is 3.75. The summed E-state index contributed by atoms with van der Waals surface area (Å²) in [6.45, 7) is 8.34. The number of rotatable bonds is 15. The number of esters is 1. The van der Waals surface area contributed by atoms with Gasteiger partial charge in [-0.05, 0) is 43.4 Å². The van der Waals surface area contributed by atoms with E-state index in [1.54, 1.807) is 13.0 Å². The lowest BCUT2D eigenvalue weighted by molar-refractivity contribution is -0.174. The molecule has 0 radical (unpaired) electrons. The fraction of sp³-hybridized carbons (Fsp3) is 0.679. The summed E-state index contributed by atoms with van der Waals surface area (Å²) in [6.07, 6.45) is 5.65. The van der Waals surface area contributed by atoms with E-state index in [1.165, 1.54) is 0 Å². The molecule has 0 saturated carbocycles. The monoisotopic (exact) mass is 526 g/mol. The first kappa shape index (κ1) is 33.2. The number of cyclic esters (lactones) is 1. The van der Waals surface area contributed by atoms with Crippen LogP contribution in [0.25, 0.3) is 0 Å². The zero-order valence-corrected chi connectivity index (χ0v) is 22.3. The number of ether oxygens (including phenoxy) is 1. The van der Waals surface area contributed by atoms with E-state index in [0.717, 1.165) is 25.7 Å². The van der Waals surface area contributed by atoms with Crippen molar-refractivity contribution in [3.8, 4) is 0 Å². The van der Waals surface area contributed by atoms with Gasteiger partial charge in [0, 0.05) is 0 Å². The summed E-state index contributed by atoms with van der Waals surface area (Å²) in [5.41, 5.74) is 0.348. The second kappa shape index (κ2) is 16.2. The van der Waals surface area contributed by atoms with Crippen molar-refractivity contribution >= 4 is 5.97 Å². The molecule has 9 nitrogen and oxygen atoms in total. The molecule has 9 heteroatoms. The third kappa shape index (κ3) is 11.6. The molecule has 7 N–H and O–H groups in total. The van der Waals surface area contributed by atoms with Crippen LogP contribution in [0.3, 0.4) is 0 Å². The molecule has 9 atom stereocenters. The van der Waals surface area contributed by atoms with Crippen molar-refractivity contribution in [3.63, 3.8) is 0 Å². The van der Waals surface area contributed by atoms with Crippen LogP contribution in [0.5, 0.6) is 0 Å². The Labute approximate surface area is 220 Å². The summed E-state index contributed by atoms with van der Waals surface area (Å²) in [5.74, 6) is -1.67. The summed E-state index contributed by atoms with van der Waals surface area (Å²) in [4.78, 5) is 11.3. The van der Waals surface area contributed by atoms with Gasteiger partial charge in [0.05, 0.1) is 6.10 Å². The van der Waals surface area contributed by atoms with Gasteiger partial charge in [-0.2, -0.15) is 0 Å². The highest BCUT2D eigenvalue weighted by Crippen LogP contribution is 2.24. The van der Waals surface area contributed by atoms with E-state index < -0.39 is 60.7 Å². The first-order valence-electron chi connectivity index (χ1n) is 12.9. The van der Waals surface area contributed by atoms with Gasteiger partial charge < -0.3 is 40.5 Å². The number of hydrogen-bond acceptors (Lipinski definition) is 9. The predicted octanol–water partition coefficient (Wildman–Crippen LogP) is 1.30. The van der Waals surface area contributed by atoms with Crippen molar-refractivity contribution in [2.75, 3.05) is 0 Å². The first-order chi connectivity index (χ1) is 17.3. The molecular formula is C28H46O9. The molecule has 0 aliphatic carbocycles. The van der Waals surface area contributed by atoms with Crippen LogP contribution >= 0.6 is 0 Å². The molecule has 1 rings (SSSR count). The molecule has 0 bridgehead atoms. The van der Waals surface area contributed by atoms with Gasteiger partial charge in [0.25, 0.3) is 0 Å². The van der Waals surface area contributed by atoms with Gasteiger partial charge in [-0.3, -0.25) is 0 Å². The van der Waals surface area contributed by atoms with E-state index >= 15 is 0 Å². The standard InChI is InChI=1S/C28H46O9/c1-18(16-14-12-10-8-6-5-7-9-11-13-15-17-28(2,3)4)19(29)20(30)21(31)22(32)23(33)26-24(34)25(35)27(36)37-26/h7-14,18-26,29-35H,5-6,15-17H2,1-4H3/b9-7+,10-8+,13-11+,14-12+. The van der Waals surface area contributed by atoms with Crippen LogP contribution in [0.4, 0.5) is 0 Å². The Bertz CT molecular complexity index is 783. The minimum Gasteiger partial charge on any atom is -0.455 e. The number of hydrogen-bond donors (Lipinski definition) is 7. The minimum atomic E-state index is -2.05. The van der Waals surface area contributed by atoms with Gasteiger partial charge in [-0.1, -0.05) is 76.3 Å². The van der Waals surface area contributed by atoms with Crippen LogP contribution in [-0.2, 0) is 9.53 Å². The quantitative estimate of drug-likeness (QED) is 0.0945. The number of carbonyl (C=O) groups excluding carboxylic acids is 1. The average molecular weight is 527 g/mol. The topological polar surface area (TPSA) is 168 Å². The van der Waals surface area contributed by atoms with Crippen LogP contribution in [0.15, 0.2) is 48.6 Å². The molecule has 1 saturated heterocycles. The lowest BCUT2D eigenvalue weighted by Gasteiger charge is -2.33. The van der Waals surface area contributed by atoms with E-state index in [9.17, 15) is 40.5 Å². The first-order valence-corrected chi connectivity index (χ1v) is 12.9. The second-order valence-corrected chi connectivity index (χ2v) is 10.9. The highest BCUT2D eigenvalue weighted by Gasteiger charge is 2.50. The summed E-state index contributed by atoms with van der Waals surface area (Å²) < 4.78 is 4.62. The molecular weight excluding hydrogens is 480 g/mol.